The molecular weight excluding hydrogens is 420 g/mol. The highest BCUT2D eigenvalue weighted by Crippen LogP contribution is 2.39. The van der Waals surface area contributed by atoms with Gasteiger partial charge in [-0.25, -0.2) is 0 Å². The van der Waals surface area contributed by atoms with E-state index in [4.69, 9.17) is 0 Å². The number of anilines is 1. The number of benzene rings is 3. The zero-order chi connectivity index (χ0) is 24.2. The van der Waals surface area contributed by atoms with E-state index in [0.717, 1.165) is 54.0 Å². The third-order valence-corrected chi connectivity index (χ3v) is 6.70. The molecule has 3 aromatic carbocycles. The largest absolute Gasteiger partial charge is 0.508 e. The van der Waals surface area contributed by atoms with Crippen LogP contribution >= 0.6 is 0 Å². The molecule has 178 valence electrons. The van der Waals surface area contributed by atoms with Gasteiger partial charge in [-0.05, 0) is 84.0 Å². The lowest BCUT2D eigenvalue weighted by atomic mass is 9.84. The number of rotatable bonds is 6. The van der Waals surface area contributed by atoms with Gasteiger partial charge in [0.05, 0.1) is 0 Å². The fourth-order valence-electron chi connectivity index (χ4n) is 4.91. The maximum atomic E-state index is 10.2. The Morgan fingerprint density at radius 2 is 1.24 bits per heavy atom. The summed E-state index contributed by atoms with van der Waals surface area (Å²) in [7, 11) is 0. The molecule has 2 N–H and O–H groups in total. The molecule has 1 saturated heterocycles. The van der Waals surface area contributed by atoms with E-state index in [1.807, 2.05) is 36.4 Å². The zero-order valence-corrected chi connectivity index (χ0v) is 20.7. The van der Waals surface area contributed by atoms with Gasteiger partial charge >= 0.3 is 0 Å². The summed E-state index contributed by atoms with van der Waals surface area (Å²) in [5.74, 6) is 0.707. The van der Waals surface area contributed by atoms with Crippen molar-refractivity contribution in [2.24, 2.45) is 5.92 Å². The molecule has 0 atom stereocenters. The first-order valence-electron chi connectivity index (χ1n) is 12.3. The van der Waals surface area contributed by atoms with E-state index in [2.05, 4.69) is 61.8 Å². The first-order chi connectivity index (χ1) is 16.3. The lowest BCUT2D eigenvalue weighted by molar-refractivity contribution is 0.209. The topological polar surface area (TPSA) is 46.9 Å². The Balaban J connectivity index is 1.77. The molecule has 4 nitrogen and oxygen atoms in total. The standard InChI is InChI=1S/C30H36N2O2/c1-21(2)29(24-7-5-9-27(33)19-24)30(25-8-6-10-28(34)20-25)23-11-13-26(14-12-23)32-17-15-31(16-18-32)22(3)4/h5-14,19-22,33-34H,15-18H2,1-4H3/b30-29+. The average molecular weight is 457 g/mol. The quantitative estimate of drug-likeness (QED) is 0.431. The van der Waals surface area contributed by atoms with Crippen LogP contribution in [0.5, 0.6) is 11.5 Å². The SMILES string of the molecule is CC(C)/C(=C(/c1ccc(N2CCN(C(C)C)CC2)cc1)c1cccc(O)c1)c1cccc(O)c1. The van der Waals surface area contributed by atoms with E-state index < -0.39 is 0 Å². The van der Waals surface area contributed by atoms with Crippen molar-refractivity contribution in [3.05, 3.63) is 89.5 Å². The van der Waals surface area contributed by atoms with Crippen LogP contribution in [-0.2, 0) is 0 Å². The molecule has 4 rings (SSSR count). The first-order valence-corrected chi connectivity index (χ1v) is 12.3. The molecule has 1 heterocycles. The van der Waals surface area contributed by atoms with Crippen LogP contribution in [-0.4, -0.2) is 47.3 Å². The van der Waals surface area contributed by atoms with Gasteiger partial charge in [0.25, 0.3) is 0 Å². The number of phenols is 2. The predicted molar refractivity (Wildman–Crippen MR) is 142 cm³/mol. The van der Waals surface area contributed by atoms with Crippen LogP contribution in [0.2, 0.25) is 0 Å². The van der Waals surface area contributed by atoms with Gasteiger partial charge < -0.3 is 15.1 Å². The van der Waals surface area contributed by atoms with E-state index in [0.29, 0.717) is 6.04 Å². The Bertz CT molecular complexity index is 1140. The van der Waals surface area contributed by atoms with Gasteiger partial charge in [0.2, 0.25) is 0 Å². The van der Waals surface area contributed by atoms with E-state index >= 15 is 0 Å². The summed E-state index contributed by atoms with van der Waals surface area (Å²) < 4.78 is 0. The van der Waals surface area contributed by atoms with Gasteiger partial charge in [0.1, 0.15) is 11.5 Å². The maximum Gasteiger partial charge on any atom is 0.116 e. The normalized spacial score (nSPS) is 15.6. The monoisotopic (exact) mass is 456 g/mol. The second-order valence-corrected chi connectivity index (χ2v) is 9.71. The van der Waals surface area contributed by atoms with Gasteiger partial charge in [-0.3, -0.25) is 4.90 Å². The van der Waals surface area contributed by atoms with Crippen LogP contribution in [0.4, 0.5) is 5.69 Å². The molecule has 0 amide bonds. The molecule has 0 bridgehead atoms. The van der Waals surface area contributed by atoms with Crippen LogP contribution in [0.1, 0.15) is 44.4 Å². The molecule has 1 fully saturated rings. The number of hydrogen-bond acceptors (Lipinski definition) is 4. The van der Waals surface area contributed by atoms with E-state index in [1.165, 1.54) is 5.69 Å². The Morgan fingerprint density at radius 3 is 1.76 bits per heavy atom. The fourth-order valence-corrected chi connectivity index (χ4v) is 4.91. The minimum Gasteiger partial charge on any atom is -0.508 e. The van der Waals surface area contributed by atoms with Gasteiger partial charge in [-0.15, -0.1) is 0 Å². The van der Waals surface area contributed by atoms with Crippen molar-refractivity contribution in [3.8, 4) is 11.5 Å². The molecule has 1 aliphatic heterocycles. The van der Waals surface area contributed by atoms with Crippen molar-refractivity contribution in [3.63, 3.8) is 0 Å². The molecule has 0 radical (unpaired) electrons. The van der Waals surface area contributed by atoms with Gasteiger partial charge in [0.15, 0.2) is 0 Å². The number of hydrogen-bond donors (Lipinski definition) is 2. The van der Waals surface area contributed by atoms with Crippen molar-refractivity contribution in [1.82, 2.24) is 4.90 Å². The Hall–Kier alpha value is -3.24. The summed E-state index contributed by atoms with van der Waals surface area (Å²) >= 11 is 0. The smallest absolute Gasteiger partial charge is 0.116 e. The Kier molecular flexibility index (Phi) is 7.28. The molecule has 3 aromatic rings. The minimum absolute atomic E-state index is 0.211. The maximum absolute atomic E-state index is 10.2. The van der Waals surface area contributed by atoms with Crippen molar-refractivity contribution >= 4 is 16.8 Å². The van der Waals surface area contributed by atoms with E-state index in [-0.39, 0.29) is 17.4 Å². The summed E-state index contributed by atoms with van der Waals surface area (Å²) in [5.41, 5.74) is 6.51. The van der Waals surface area contributed by atoms with Crippen molar-refractivity contribution < 1.29 is 10.2 Å². The van der Waals surface area contributed by atoms with Crippen LogP contribution in [0, 0.1) is 5.92 Å². The second-order valence-electron chi connectivity index (χ2n) is 9.71. The molecule has 0 spiro atoms. The first kappa shape index (κ1) is 23.9. The number of nitrogens with zero attached hydrogens (tertiary/aromatic N) is 2. The molecule has 0 unspecified atom stereocenters. The van der Waals surface area contributed by atoms with Crippen LogP contribution in [0.25, 0.3) is 11.1 Å². The summed E-state index contributed by atoms with van der Waals surface area (Å²) in [6.45, 7) is 13.1. The van der Waals surface area contributed by atoms with Gasteiger partial charge in [0, 0.05) is 37.9 Å². The van der Waals surface area contributed by atoms with Crippen molar-refractivity contribution in [2.75, 3.05) is 31.1 Å². The van der Waals surface area contributed by atoms with Crippen molar-refractivity contribution in [2.45, 2.75) is 33.7 Å². The molecule has 4 heteroatoms. The molecule has 34 heavy (non-hydrogen) atoms. The zero-order valence-electron chi connectivity index (χ0n) is 20.7. The number of aromatic hydroxyl groups is 2. The molecular formula is C30H36N2O2. The molecule has 1 aliphatic rings. The highest BCUT2D eigenvalue weighted by molar-refractivity contribution is 5.99. The summed E-state index contributed by atoms with van der Waals surface area (Å²) in [4.78, 5) is 4.98. The van der Waals surface area contributed by atoms with Gasteiger partial charge in [-0.1, -0.05) is 50.2 Å². The van der Waals surface area contributed by atoms with Crippen LogP contribution in [0.3, 0.4) is 0 Å². The van der Waals surface area contributed by atoms with E-state index in [9.17, 15) is 10.2 Å². The van der Waals surface area contributed by atoms with Crippen molar-refractivity contribution in [1.29, 1.82) is 0 Å². The van der Waals surface area contributed by atoms with E-state index in [1.54, 1.807) is 12.1 Å². The van der Waals surface area contributed by atoms with Gasteiger partial charge in [-0.2, -0.15) is 0 Å². The highest BCUT2D eigenvalue weighted by Gasteiger charge is 2.21. The third-order valence-electron chi connectivity index (χ3n) is 6.70. The molecule has 0 aliphatic carbocycles. The predicted octanol–water partition coefficient (Wildman–Crippen LogP) is 6.24. The highest BCUT2D eigenvalue weighted by atomic mass is 16.3. The number of phenolic OH excluding ortho intramolecular Hbond substituents is 2. The summed E-state index contributed by atoms with van der Waals surface area (Å²) in [6, 6.07) is 24.3. The number of allylic oxidation sites excluding steroid dienone is 1. The lowest BCUT2D eigenvalue weighted by Gasteiger charge is -2.38. The minimum atomic E-state index is 0.211. The lowest BCUT2D eigenvalue weighted by Crippen LogP contribution is -2.48. The Labute approximate surface area is 203 Å². The summed E-state index contributed by atoms with van der Waals surface area (Å²) in [5, 5.41) is 20.4. The van der Waals surface area contributed by atoms with Crippen LogP contribution < -0.4 is 4.90 Å². The third kappa shape index (κ3) is 5.28. The second kappa shape index (κ2) is 10.4. The fraction of sp³-hybridized carbons (Fsp3) is 0.333. The summed E-state index contributed by atoms with van der Waals surface area (Å²) in [6.07, 6.45) is 0. The average Bonchev–Trinajstić information content (AvgIpc) is 2.82. The molecule has 0 saturated carbocycles. The number of piperazine rings is 1. The molecule has 0 aromatic heterocycles. The Morgan fingerprint density at radius 1 is 0.676 bits per heavy atom. The van der Waals surface area contributed by atoms with Crippen LogP contribution in [0.15, 0.2) is 72.8 Å².